The highest BCUT2D eigenvalue weighted by Crippen LogP contribution is 2.69. The van der Waals surface area contributed by atoms with Gasteiger partial charge >= 0.3 is 0 Å². The van der Waals surface area contributed by atoms with Crippen molar-refractivity contribution in [3.05, 3.63) is 23.3 Å². The first-order chi connectivity index (χ1) is 12.0. The lowest BCUT2D eigenvalue weighted by Crippen LogP contribution is -2.72. The molecule has 5 atom stereocenters. The third kappa shape index (κ3) is 1.62. The number of phenols is 1. The number of likely N-dealkylation sites (tertiary alicyclic amines) is 1. The van der Waals surface area contributed by atoms with Gasteiger partial charge in [0.2, 0.25) is 0 Å². The second kappa shape index (κ2) is 4.52. The number of aliphatic hydroxyl groups is 1. The van der Waals surface area contributed by atoms with Crippen LogP contribution >= 0.6 is 0 Å². The minimum absolute atomic E-state index is 0.121. The van der Waals surface area contributed by atoms with Gasteiger partial charge in [0.15, 0.2) is 11.5 Å². The molecule has 0 aromatic heterocycles. The fourth-order valence-corrected chi connectivity index (χ4v) is 6.91. The Morgan fingerprint density at radius 2 is 2.08 bits per heavy atom. The summed E-state index contributed by atoms with van der Waals surface area (Å²) in [5.74, 6) is 1.82. The van der Waals surface area contributed by atoms with Crippen LogP contribution in [0.15, 0.2) is 12.1 Å². The summed E-state index contributed by atoms with van der Waals surface area (Å²) in [6, 6.07) is 4.43. The van der Waals surface area contributed by atoms with E-state index in [2.05, 4.69) is 17.9 Å². The van der Waals surface area contributed by atoms with Gasteiger partial charge < -0.3 is 14.9 Å². The zero-order valence-corrected chi connectivity index (χ0v) is 14.9. The number of ether oxygens (including phenoxy) is 1. The normalized spacial score (nSPS) is 44.3. The smallest absolute Gasteiger partial charge is 0.165 e. The third-order valence-electron chi connectivity index (χ3n) is 8.30. The number of rotatable bonds is 2. The van der Waals surface area contributed by atoms with Crippen LogP contribution in [0.25, 0.3) is 0 Å². The first-order valence-corrected chi connectivity index (χ1v) is 9.99. The van der Waals surface area contributed by atoms with Gasteiger partial charge in [-0.25, -0.2) is 0 Å². The maximum atomic E-state index is 10.8. The van der Waals surface area contributed by atoms with Crippen LogP contribution in [0.2, 0.25) is 0 Å². The maximum absolute atomic E-state index is 10.8. The van der Waals surface area contributed by atoms with Gasteiger partial charge in [-0.15, -0.1) is 0 Å². The topological polar surface area (TPSA) is 52.9 Å². The lowest BCUT2D eigenvalue weighted by molar-refractivity contribution is -0.153. The molecule has 2 aliphatic heterocycles. The SMILES string of the molecule is C[C@@]12CC[C@H](O)[C@@H]3Oc4c(O)ccc5c4[C@@]31CCN(CC1CC1)C2C5. The van der Waals surface area contributed by atoms with Crippen molar-refractivity contribution in [2.75, 3.05) is 13.1 Å². The fraction of sp³-hybridized carbons (Fsp3) is 0.714. The van der Waals surface area contributed by atoms with Gasteiger partial charge in [-0.1, -0.05) is 13.0 Å². The standard InChI is InChI=1S/C21H27NO3/c1-20-7-6-15(24)19-21(20)8-9-22(11-12-2-3-12)16(20)10-13-4-5-14(23)18(25-19)17(13)21/h4-5,12,15-16,19,23-24H,2-3,6-11H2,1H3/t15-,16?,19-,20-,21-/m0/s1. The summed E-state index contributed by atoms with van der Waals surface area (Å²) in [7, 11) is 0. The number of benzene rings is 1. The fourth-order valence-electron chi connectivity index (χ4n) is 6.91. The van der Waals surface area contributed by atoms with Crippen molar-refractivity contribution < 1.29 is 14.9 Å². The monoisotopic (exact) mass is 341 g/mol. The van der Waals surface area contributed by atoms with Crippen molar-refractivity contribution in [2.24, 2.45) is 11.3 Å². The minimum Gasteiger partial charge on any atom is -0.504 e. The Bertz CT molecular complexity index is 760. The molecule has 0 amide bonds. The van der Waals surface area contributed by atoms with Gasteiger partial charge in [-0.2, -0.15) is 0 Å². The summed E-state index contributed by atoms with van der Waals surface area (Å²) in [5.41, 5.74) is 2.57. The minimum atomic E-state index is -0.429. The molecule has 1 unspecified atom stereocenters. The third-order valence-corrected chi connectivity index (χ3v) is 8.30. The molecule has 1 aromatic carbocycles. The summed E-state index contributed by atoms with van der Waals surface area (Å²) < 4.78 is 6.30. The van der Waals surface area contributed by atoms with E-state index >= 15 is 0 Å². The lowest BCUT2D eigenvalue weighted by atomic mass is 9.44. The van der Waals surface area contributed by atoms with E-state index in [1.54, 1.807) is 6.07 Å². The Kier molecular flexibility index (Phi) is 2.69. The molecular formula is C21H27NO3. The molecule has 1 saturated heterocycles. The average molecular weight is 341 g/mol. The molecule has 4 nitrogen and oxygen atoms in total. The van der Waals surface area contributed by atoms with Crippen LogP contribution in [-0.4, -0.2) is 46.5 Å². The van der Waals surface area contributed by atoms with Crippen LogP contribution in [0.4, 0.5) is 0 Å². The van der Waals surface area contributed by atoms with E-state index in [0.29, 0.717) is 11.8 Å². The molecule has 6 rings (SSSR count). The molecule has 2 saturated carbocycles. The highest BCUT2D eigenvalue weighted by atomic mass is 16.5. The summed E-state index contributed by atoms with van der Waals surface area (Å²) >= 11 is 0. The van der Waals surface area contributed by atoms with E-state index < -0.39 is 6.10 Å². The number of phenolic OH excluding ortho intramolecular Hbond substituents is 1. The molecule has 2 heterocycles. The van der Waals surface area contributed by atoms with Gasteiger partial charge in [0.05, 0.1) is 6.10 Å². The second-order valence-corrected chi connectivity index (χ2v) is 9.39. The largest absolute Gasteiger partial charge is 0.504 e. The molecule has 3 aliphatic carbocycles. The predicted octanol–water partition coefficient (Wildman–Crippen LogP) is 2.59. The van der Waals surface area contributed by atoms with Gasteiger partial charge in [-0.3, -0.25) is 4.90 Å². The Hall–Kier alpha value is -1.26. The quantitative estimate of drug-likeness (QED) is 0.868. The van der Waals surface area contributed by atoms with Crippen molar-refractivity contribution >= 4 is 0 Å². The molecule has 4 heteroatoms. The van der Waals surface area contributed by atoms with E-state index in [-0.39, 0.29) is 22.7 Å². The Balaban J connectivity index is 1.57. The number of aliphatic hydroxyl groups excluding tert-OH is 1. The number of nitrogens with zero attached hydrogens (tertiary/aromatic N) is 1. The Morgan fingerprint density at radius 3 is 2.88 bits per heavy atom. The van der Waals surface area contributed by atoms with Gasteiger partial charge in [-0.05, 0) is 68.0 Å². The van der Waals surface area contributed by atoms with E-state index in [9.17, 15) is 10.2 Å². The van der Waals surface area contributed by atoms with E-state index in [1.165, 1.54) is 30.5 Å². The molecule has 25 heavy (non-hydrogen) atoms. The highest BCUT2D eigenvalue weighted by Gasteiger charge is 2.71. The molecule has 5 aliphatic rings. The van der Waals surface area contributed by atoms with Crippen molar-refractivity contribution in [1.82, 2.24) is 4.90 Å². The summed E-state index contributed by atoms with van der Waals surface area (Å²) in [6.45, 7) is 4.78. The second-order valence-electron chi connectivity index (χ2n) is 9.39. The van der Waals surface area contributed by atoms with E-state index in [4.69, 9.17) is 4.74 Å². The molecule has 2 bridgehead atoms. The summed E-state index contributed by atoms with van der Waals surface area (Å²) in [4.78, 5) is 2.76. The van der Waals surface area contributed by atoms with Gasteiger partial charge in [0, 0.05) is 23.6 Å². The summed E-state index contributed by atoms with van der Waals surface area (Å²) in [6.07, 6.45) is 6.11. The van der Waals surface area contributed by atoms with Crippen LogP contribution in [0.5, 0.6) is 11.5 Å². The van der Waals surface area contributed by atoms with Crippen LogP contribution < -0.4 is 4.74 Å². The van der Waals surface area contributed by atoms with Crippen molar-refractivity contribution in [3.8, 4) is 11.5 Å². The molecule has 134 valence electrons. The first-order valence-electron chi connectivity index (χ1n) is 9.99. The first kappa shape index (κ1) is 14.9. The molecule has 1 aromatic rings. The van der Waals surface area contributed by atoms with Crippen LogP contribution in [-0.2, 0) is 11.8 Å². The molecule has 0 radical (unpaired) electrons. The zero-order chi connectivity index (χ0) is 17.0. The predicted molar refractivity (Wildman–Crippen MR) is 94.0 cm³/mol. The van der Waals surface area contributed by atoms with E-state index in [0.717, 1.165) is 38.1 Å². The Morgan fingerprint density at radius 1 is 1.24 bits per heavy atom. The van der Waals surface area contributed by atoms with Crippen LogP contribution in [0.1, 0.15) is 50.2 Å². The molecule has 2 N–H and O–H groups in total. The number of piperidine rings is 1. The highest BCUT2D eigenvalue weighted by molar-refractivity contribution is 5.61. The van der Waals surface area contributed by atoms with Crippen LogP contribution in [0, 0.1) is 11.3 Å². The zero-order valence-electron chi connectivity index (χ0n) is 14.9. The molecule has 3 fully saturated rings. The maximum Gasteiger partial charge on any atom is 0.165 e. The summed E-state index contributed by atoms with van der Waals surface area (Å²) in [5, 5.41) is 21.2. The molecule has 1 spiro atoms. The number of hydrogen-bond donors (Lipinski definition) is 2. The lowest BCUT2D eigenvalue weighted by Gasteiger charge is -2.65. The van der Waals surface area contributed by atoms with Crippen molar-refractivity contribution in [3.63, 3.8) is 0 Å². The number of hydrogen-bond acceptors (Lipinski definition) is 4. The average Bonchev–Trinajstić information content (AvgIpc) is 3.32. The van der Waals surface area contributed by atoms with Crippen LogP contribution in [0.3, 0.4) is 0 Å². The van der Waals surface area contributed by atoms with Gasteiger partial charge in [0.1, 0.15) is 6.10 Å². The van der Waals surface area contributed by atoms with Crippen molar-refractivity contribution in [1.29, 1.82) is 0 Å². The van der Waals surface area contributed by atoms with E-state index in [1.807, 2.05) is 0 Å². The van der Waals surface area contributed by atoms with Crippen molar-refractivity contribution in [2.45, 2.75) is 69.1 Å². The molecular weight excluding hydrogens is 314 g/mol. The Labute approximate surface area is 148 Å². The number of aromatic hydroxyl groups is 1. The van der Waals surface area contributed by atoms with Gasteiger partial charge in [0.25, 0.3) is 0 Å².